The summed E-state index contributed by atoms with van der Waals surface area (Å²) in [7, 11) is 0. The quantitative estimate of drug-likeness (QED) is 0.824. The van der Waals surface area contributed by atoms with Crippen molar-refractivity contribution >= 4 is 35.5 Å². The first-order valence-electron chi connectivity index (χ1n) is 5.01. The third-order valence-corrected chi connectivity index (χ3v) is 3.68. The molecule has 4 nitrogen and oxygen atoms in total. The first kappa shape index (κ1) is 12.3. The molecule has 2 rings (SSSR count). The van der Waals surface area contributed by atoms with Crippen LogP contribution in [0.5, 0.6) is 0 Å². The fourth-order valence-corrected chi connectivity index (χ4v) is 2.84. The van der Waals surface area contributed by atoms with Crippen molar-refractivity contribution in [2.24, 2.45) is 5.73 Å². The molecule has 0 aromatic heterocycles. The highest BCUT2D eigenvalue weighted by Gasteiger charge is 2.25. The van der Waals surface area contributed by atoms with E-state index in [-0.39, 0.29) is 5.50 Å². The molecule has 1 heterocycles. The Morgan fingerprint density at radius 3 is 3.00 bits per heavy atom. The van der Waals surface area contributed by atoms with Gasteiger partial charge in [0.05, 0.1) is 15.7 Å². The van der Waals surface area contributed by atoms with Crippen molar-refractivity contribution in [1.29, 1.82) is 0 Å². The highest BCUT2D eigenvalue weighted by Crippen LogP contribution is 2.37. The molecule has 0 saturated heterocycles. The topological polar surface area (TPSA) is 58.4 Å². The van der Waals surface area contributed by atoms with Crippen LogP contribution in [0.25, 0.3) is 0 Å². The number of para-hydroxylation sites is 1. The van der Waals surface area contributed by atoms with Crippen LogP contribution in [0.2, 0.25) is 5.02 Å². The minimum absolute atomic E-state index is 0.281. The van der Waals surface area contributed by atoms with E-state index in [2.05, 4.69) is 5.32 Å². The molecule has 1 aliphatic rings. The van der Waals surface area contributed by atoms with Gasteiger partial charge in [0.1, 0.15) is 5.50 Å². The SMILES string of the molecule is Cc1cccc(Cl)c1N1C=C(NC=O)SC1N. The molecule has 0 fully saturated rings. The van der Waals surface area contributed by atoms with E-state index in [1.807, 2.05) is 30.0 Å². The number of carbonyl (C=O) groups excluding carboxylic acids is 1. The van der Waals surface area contributed by atoms with E-state index < -0.39 is 0 Å². The van der Waals surface area contributed by atoms with E-state index in [1.54, 1.807) is 6.20 Å². The lowest BCUT2D eigenvalue weighted by Crippen LogP contribution is -2.32. The van der Waals surface area contributed by atoms with Gasteiger partial charge in [0, 0.05) is 6.20 Å². The highest BCUT2D eigenvalue weighted by atomic mass is 35.5. The number of nitrogens with zero attached hydrogens (tertiary/aromatic N) is 1. The Kier molecular flexibility index (Phi) is 3.61. The molecule has 17 heavy (non-hydrogen) atoms. The summed E-state index contributed by atoms with van der Waals surface area (Å²) >= 11 is 7.55. The van der Waals surface area contributed by atoms with Crippen LogP contribution in [0.3, 0.4) is 0 Å². The lowest BCUT2D eigenvalue weighted by atomic mass is 10.2. The predicted octanol–water partition coefficient (Wildman–Crippen LogP) is 1.99. The summed E-state index contributed by atoms with van der Waals surface area (Å²) in [6, 6.07) is 5.68. The van der Waals surface area contributed by atoms with E-state index in [0.29, 0.717) is 16.5 Å². The van der Waals surface area contributed by atoms with Gasteiger partial charge in [-0.15, -0.1) is 0 Å². The average molecular weight is 270 g/mol. The smallest absolute Gasteiger partial charge is 0.211 e. The molecule has 0 aliphatic carbocycles. The number of thioether (sulfide) groups is 1. The summed E-state index contributed by atoms with van der Waals surface area (Å²) in [6.45, 7) is 1.97. The molecule has 6 heteroatoms. The molecule has 1 unspecified atom stereocenters. The maximum Gasteiger partial charge on any atom is 0.211 e. The van der Waals surface area contributed by atoms with Crippen molar-refractivity contribution in [2.45, 2.75) is 12.4 Å². The number of halogens is 1. The van der Waals surface area contributed by atoms with Crippen LogP contribution in [-0.4, -0.2) is 11.9 Å². The predicted molar refractivity (Wildman–Crippen MR) is 71.5 cm³/mol. The van der Waals surface area contributed by atoms with Gasteiger partial charge in [-0.05, 0) is 18.6 Å². The molecule has 1 atom stereocenters. The lowest BCUT2D eigenvalue weighted by Gasteiger charge is -2.23. The van der Waals surface area contributed by atoms with Gasteiger partial charge >= 0.3 is 0 Å². The molecule has 0 saturated carbocycles. The second-order valence-electron chi connectivity index (χ2n) is 3.58. The highest BCUT2D eigenvalue weighted by molar-refractivity contribution is 8.03. The van der Waals surface area contributed by atoms with Crippen LogP contribution in [0.15, 0.2) is 29.4 Å². The summed E-state index contributed by atoms with van der Waals surface area (Å²) in [5.41, 5.74) is 7.62. The zero-order valence-electron chi connectivity index (χ0n) is 9.18. The van der Waals surface area contributed by atoms with Gasteiger partial charge in [-0.1, -0.05) is 35.5 Å². The monoisotopic (exact) mass is 269 g/mol. The summed E-state index contributed by atoms with van der Waals surface area (Å²) in [4.78, 5) is 12.2. The number of benzene rings is 1. The van der Waals surface area contributed by atoms with Gasteiger partial charge in [-0.2, -0.15) is 0 Å². The average Bonchev–Trinajstić information content (AvgIpc) is 2.60. The van der Waals surface area contributed by atoms with Gasteiger partial charge < -0.3 is 16.0 Å². The standard InChI is InChI=1S/C11H12ClN3OS/c1-7-3-2-4-8(12)10(7)15-5-9(14-6-16)17-11(15)13/h2-6,11H,13H2,1H3,(H,14,16). The number of aryl methyl sites for hydroxylation is 1. The number of carbonyl (C=O) groups is 1. The Bertz CT molecular complexity index is 458. The maximum atomic E-state index is 10.4. The van der Waals surface area contributed by atoms with E-state index in [0.717, 1.165) is 11.3 Å². The Labute approximate surface area is 109 Å². The normalized spacial score (nSPS) is 19.1. The summed E-state index contributed by atoms with van der Waals surface area (Å²) in [5, 5.41) is 3.95. The van der Waals surface area contributed by atoms with Crippen molar-refractivity contribution in [3.8, 4) is 0 Å². The molecular weight excluding hydrogens is 258 g/mol. The van der Waals surface area contributed by atoms with Crippen molar-refractivity contribution in [3.05, 3.63) is 40.0 Å². The van der Waals surface area contributed by atoms with E-state index in [9.17, 15) is 4.79 Å². The zero-order chi connectivity index (χ0) is 12.4. The number of nitrogens with two attached hydrogens (primary N) is 1. The fourth-order valence-electron chi connectivity index (χ4n) is 1.69. The van der Waals surface area contributed by atoms with Gasteiger partial charge in [-0.3, -0.25) is 4.79 Å². The lowest BCUT2D eigenvalue weighted by molar-refractivity contribution is -0.108. The first-order chi connectivity index (χ1) is 8.13. The molecule has 0 spiro atoms. The third kappa shape index (κ3) is 2.41. The summed E-state index contributed by atoms with van der Waals surface area (Å²) < 4.78 is 0. The molecule has 1 aliphatic heterocycles. The van der Waals surface area contributed by atoms with E-state index in [1.165, 1.54) is 11.8 Å². The molecule has 1 aromatic rings. The molecule has 90 valence electrons. The van der Waals surface area contributed by atoms with Crippen molar-refractivity contribution in [2.75, 3.05) is 4.90 Å². The fraction of sp³-hybridized carbons (Fsp3) is 0.182. The van der Waals surface area contributed by atoms with Crippen molar-refractivity contribution in [3.63, 3.8) is 0 Å². The minimum Gasteiger partial charge on any atom is -0.322 e. The molecular formula is C11H12ClN3OS. The van der Waals surface area contributed by atoms with Crippen molar-refractivity contribution in [1.82, 2.24) is 5.32 Å². The Morgan fingerprint density at radius 2 is 2.35 bits per heavy atom. The van der Waals surface area contributed by atoms with Gasteiger partial charge in [0.2, 0.25) is 6.41 Å². The van der Waals surface area contributed by atoms with Gasteiger partial charge in [0.15, 0.2) is 0 Å². The molecule has 1 amide bonds. The number of rotatable bonds is 3. The van der Waals surface area contributed by atoms with Crippen LogP contribution in [0, 0.1) is 6.92 Å². The van der Waals surface area contributed by atoms with E-state index >= 15 is 0 Å². The number of amides is 1. The largest absolute Gasteiger partial charge is 0.322 e. The molecule has 0 bridgehead atoms. The second-order valence-corrected chi connectivity index (χ2v) is 5.14. The summed E-state index contributed by atoms with van der Waals surface area (Å²) in [6.07, 6.45) is 2.42. The van der Waals surface area contributed by atoms with Crippen LogP contribution in [0.4, 0.5) is 5.69 Å². The van der Waals surface area contributed by atoms with Crippen LogP contribution < -0.4 is 16.0 Å². The number of anilines is 1. The zero-order valence-corrected chi connectivity index (χ0v) is 10.8. The van der Waals surface area contributed by atoms with Crippen LogP contribution in [0.1, 0.15) is 5.56 Å². The minimum atomic E-state index is -0.281. The third-order valence-electron chi connectivity index (χ3n) is 2.43. The number of hydrogen-bond acceptors (Lipinski definition) is 4. The van der Waals surface area contributed by atoms with Crippen molar-refractivity contribution < 1.29 is 4.79 Å². The number of hydrogen-bond donors (Lipinski definition) is 2. The van der Waals surface area contributed by atoms with Crippen LogP contribution in [-0.2, 0) is 4.79 Å². The van der Waals surface area contributed by atoms with E-state index in [4.69, 9.17) is 17.3 Å². The Balaban J connectivity index is 2.37. The molecule has 3 N–H and O–H groups in total. The van der Waals surface area contributed by atoms with Gasteiger partial charge in [0.25, 0.3) is 0 Å². The second kappa shape index (κ2) is 5.00. The number of nitrogens with one attached hydrogen (secondary N) is 1. The van der Waals surface area contributed by atoms with Gasteiger partial charge in [-0.25, -0.2) is 0 Å². The molecule has 0 radical (unpaired) electrons. The van der Waals surface area contributed by atoms with Crippen LogP contribution >= 0.6 is 23.4 Å². The molecule has 1 aromatic carbocycles. The summed E-state index contributed by atoms with van der Waals surface area (Å²) in [5.74, 6) is 0. The maximum absolute atomic E-state index is 10.4. The first-order valence-corrected chi connectivity index (χ1v) is 6.27. The Morgan fingerprint density at radius 1 is 1.59 bits per heavy atom. The Hall–Kier alpha value is -1.17.